The predicted molar refractivity (Wildman–Crippen MR) is 130 cm³/mol. The van der Waals surface area contributed by atoms with Gasteiger partial charge in [-0.15, -0.1) is 0 Å². The van der Waals surface area contributed by atoms with E-state index in [0.717, 1.165) is 24.3 Å². The molecule has 11 heteroatoms. The third-order valence-corrected chi connectivity index (χ3v) is 8.00. The normalized spacial score (nSPS) is 12.5. The molecule has 0 unspecified atom stereocenters. The van der Waals surface area contributed by atoms with Crippen LogP contribution in [0.25, 0.3) is 0 Å². The fraction of sp³-hybridized carbons (Fsp3) is 0.435. The molecule has 0 aliphatic rings. The monoisotopic (exact) mass is 513 g/mol. The molecule has 0 atom stereocenters. The van der Waals surface area contributed by atoms with Gasteiger partial charge in [0.05, 0.1) is 9.79 Å². The second-order valence-corrected chi connectivity index (χ2v) is 12.5. The molecule has 0 saturated carbocycles. The summed E-state index contributed by atoms with van der Waals surface area (Å²) in [5, 5.41) is 2.62. The van der Waals surface area contributed by atoms with Crippen molar-refractivity contribution in [1.29, 1.82) is 0 Å². The molecular weight excluding hydrogens is 481 g/mol. The summed E-state index contributed by atoms with van der Waals surface area (Å²) in [5.41, 5.74) is 0.393. The van der Waals surface area contributed by atoms with Gasteiger partial charge in [-0.1, -0.05) is 27.7 Å². The molecule has 188 valence electrons. The number of benzene rings is 2. The first-order valence-corrected chi connectivity index (χ1v) is 13.9. The molecule has 0 aliphatic carbocycles. The van der Waals surface area contributed by atoms with Crippen LogP contribution in [0, 0.1) is 17.7 Å². The SMILES string of the molecule is CC(C)CN(CC(C)C)S(=O)(=O)c1ccc(NC(=O)CCNS(=O)(=O)c2ccc(F)cc2)cc1. The van der Waals surface area contributed by atoms with Gasteiger partial charge in [-0.05, 0) is 60.4 Å². The minimum absolute atomic E-state index is 0.102. The third-order valence-electron chi connectivity index (χ3n) is 4.68. The molecule has 2 aromatic carbocycles. The maximum absolute atomic E-state index is 13.1. The van der Waals surface area contributed by atoms with Gasteiger partial charge in [0, 0.05) is 31.7 Å². The van der Waals surface area contributed by atoms with Crippen molar-refractivity contribution in [2.24, 2.45) is 11.8 Å². The van der Waals surface area contributed by atoms with Crippen LogP contribution < -0.4 is 10.0 Å². The lowest BCUT2D eigenvalue weighted by Gasteiger charge is -2.25. The van der Waals surface area contributed by atoms with E-state index in [4.69, 9.17) is 0 Å². The summed E-state index contributed by atoms with van der Waals surface area (Å²) in [6.07, 6.45) is -0.142. The molecule has 0 bridgehead atoms. The van der Waals surface area contributed by atoms with Crippen LogP contribution in [0.3, 0.4) is 0 Å². The Morgan fingerprint density at radius 1 is 0.853 bits per heavy atom. The van der Waals surface area contributed by atoms with E-state index >= 15 is 0 Å². The zero-order chi connectivity index (χ0) is 25.5. The summed E-state index contributed by atoms with van der Waals surface area (Å²) in [7, 11) is -7.54. The largest absolute Gasteiger partial charge is 0.326 e. The van der Waals surface area contributed by atoms with Crippen LogP contribution in [0.5, 0.6) is 0 Å². The average Bonchev–Trinajstić information content (AvgIpc) is 2.73. The molecule has 0 aromatic heterocycles. The van der Waals surface area contributed by atoms with Crippen LogP contribution >= 0.6 is 0 Å². The summed E-state index contributed by atoms with van der Waals surface area (Å²) < 4.78 is 67.2. The molecule has 0 fully saturated rings. The quantitative estimate of drug-likeness (QED) is 0.452. The van der Waals surface area contributed by atoms with Crippen LogP contribution in [0.1, 0.15) is 34.1 Å². The number of amides is 1. The lowest BCUT2D eigenvalue weighted by Crippen LogP contribution is -2.37. The van der Waals surface area contributed by atoms with Gasteiger partial charge in [0.15, 0.2) is 0 Å². The first kappa shape index (κ1) is 27.9. The highest BCUT2D eigenvalue weighted by molar-refractivity contribution is 7.89. The van der Waals surface area contributed by atoms with Gasteiger partial charge in [-0.2, -0.15) is 4.31 Å². The molecule has 2 N–H and O–H groups in total. The molecule has 8 nitrogen and oxygen atoms in total. The molecule has 0 saturated heterocycles. The number of hydrogen-bond acceptors (Lipinski definition) is 5. The number of anilines is 1. The minimum atomic E-state index is -3.86. The third kappa shape index (κ3) is 8.15. The summed E-state index contributed by atoms with van der Waals surface area (Å²) in [5.74, 6) is -0.650. The highest BCUT2D eigenvalue weighted by Gasteiger charge is 2.26. The van der Waals surface area contributed by atoms with Crippen molar-refractivity contribution in [1.82, 2.24) is 9.03 Å². The van der Waals surface area contributed by atoms with Gasteiger partial charge in [0.25, 0.3) is 0 Å². The highest BCUT2D eigenvalue weighted by Crippen LogP contribution is 2.21. The van der Waals surface area contributed by atoms with Gasteiger partial charge in [-0.25, -0.2) is 25.9 Å². The van der Waals surface area contributed by atoms with Crippen molar-refractivity contribution in [2.45, 2.75) is 43.9 Å². The maximum Gasteiger partial charge on any atom is 0.243 e. The number of carbonyl (C=O) groups is 1. The van der Waals surface area contributed by atoms with E-state index in [1.165, 1.54) is 28.6 Å². The maximum atomic E-state index is 13.1. The second kappa shape index (κ2) is 11.9. The number of nitrogens with zero attached hydrogens (tertiary/aromatic N) is 1. The van der Waals surface area contributed by atoms with Gasteiger partial charge >= 0.3 is 0 Å². The van der Waals surface area contributed by atoms with Crippen molar-refractivity contribution < 1.29 is 26.0 Å². The Hall–Kier alpha value is -2.34. The number of nitrogens with one attached hydrogen (secondary N) is 2. The van der Waals surface area contributed by atoms with E-state index in [1.54, 1.807) is 0 Å². The zero-order valence-electron chi connectivity index (χ0n) is 19.8. The Labute approximate surface area is 201 Å². The summed E-state index contributed by atoms with van der Waals surface area (Å²) in [6.45, 7) is 8.50. The van der Waals surface area contributed by atoms with E-state index in [0.29, 0.717) is 18.8 Å². The van der Waals surface area contributed by atoms with Crippen LogP contribution in [0.2, 0.25) is 0 Å². The zero-order valence-corrected chi connectivity index (χ0v) is 21.4. The molecule has 0 heterocycles. The van der Waals surface area contributed by atoms with E-state index in [2.05, 4.69) is 10.0 Å². The first-order chi connectivity index (χ1) is 15.8. The molecule has 2 aromatic rings. The van der Waals surface area contributed by atoms with E-state index in [9.17, 15) is 26.0 Å². The lowest BCUT2D eigenvalue weighted by molar-refractivity contribution is -0.116. The summed E-state index contributed by atoms with van der Waals surface area (Å²) in [4.78, 5) is 12.2. The Morgan fingerprint density at radius 2 is 1.35 bits per heavy atom. The molecule has 0 aliphatic heterocycles. The van der Waals surface area contributed by atoms with Crippen molar-refractivity contribution in [3.8, 4) is 0 Å². The van der Waals surface area contributed by atoms with Crippen molar-refractivity contribution in [2.75, 3.05) is 25.0 Å². The van der Waals surface area contributed by atoms with Gasteiger partial charge in [0.2, 0.25) is 26.0 Å². The first-order valence-electron chi connectivity index (χ1n) is 11.0. The van der Waals surface area contributed by atoms with Crippen molar-refractivity contribution in [3.05, 3.63) is 54.3 Å². The molecule has 0 radical (unpaired) electrons. The number of halogens is 1. The average molecular weight is 514 g/mol. The molecule has 1 amide bonds. The summed E-state index contributed by atoms with van der Waals surface area (Å²) in [6, 6.07) is 10.2. The Bertz CT molecular complexity index is 1150. The Balaban J connectivity index is 1.96. The Morgan fingerprint density at radius 3 is 1.85 bits per heavy atom. The van der Waals surface area contributed by atoms with Gasteiger partial charge in [0.1, 0.15) is 5.82 Å². The van der Waals surface area contributed by atoms with Crippen LogP contribution in [-0.4, -0.2) is 46.7 Å². The predicted octanol–water partition coefficient (Wildman–Crippen LogP) is 3.44. The second-order valence-electron chi connectivity index (χ2n) is 8.78. The van der Waals surface area contributed by atoms with E-state index < -0.39 is 31.8 Å². The van der Waals surface area contributed by atoms with Gasteiger partial charge < -0.3 is 5.32 Å². The van der Waals surface area contributed by atoms with Crippen LogP contribution in [0.4, 0.5) is 10.1 Å². The smallest absolute Gasteiger partial charge is 0.243 e. The van der Waals surface area contributed by atoms with Gasteiger partial charge in [-0.3, -0.25) is 4.79 Å². The number of hydrogen-bond donors (Lipinski definition) is 2. The molecule has 0 spiro atoms. The fourth-order valence-electron chi connectivity index (χ4n) is 3.16. The molecular formula is C23H32FN3O5S2. The van der Waals surface area contributed by atoms with Crippen LogP contribution in [-0.2, 0) is 24.8 Å². The standard InChI is InChI=1S/C23H32FN3O5S2/c1-17(2)15-27(16-18(3)4)34(31,32)22-11-7-20(8-12-22)26-23(28)13-14-25-33(29,30)21-9-5-19(24)6-10-21/h5-12,17-18,25H,13-16H2,1-4H3,(H,26,28). The van der Waals surface area contributed by atoms with E-state index in [1.807, 2.05) is 27.7 Å². The number of carbonyl (C=O) groups excluding carboxylic acids is 1. The minimum Gasteiger partial charge on any atom is -0.326 e. The molecule has 2 rings (SSSR count). The van der Waals surface area contributed by atoms with E-state index in [-0.39, 0.29) is 34.6 Å². The van der Waals surface area contributed by atoms with Crippen molar-refractivity contribution in [3.63, 3.8) is 0 Å². The lowest BCUT2D eigenvalue weighted by atomic mass is 10.2. The fourth-order valence-corrected chi connectivity index (χ4v) is 5.96. The molecule has 34 heavy (non-hydrogen) atoms. The topological polar surface area (TPSA) is 113 Å². The summed E-state index contributed by atoms with van der Waals surface area (Å²) >= 11 is 0. The van der Waals surface area contributed by atoms with Crippen LogP contribution in [0.15, 0.2) is 58.3 Å². The number of rotatable bonds is 12. The number of sulfonamides is 2. The van der Waals surface area contributed by atoms with Crippen molar-refractivity contribution >= 4 is 31.6 Å². The Kier molecular flexibility index (Phi) is 9.74. The highest BCUT2D eigenvalue weighted by atomic mass is 32.2.